The molecule has 21 heavy (non-hydrogen) atoms. The summed E-state index contributed by atoms with van der Waals surface area (Å²) in [5.74, 6) is -0.141. The molecule has 0 atom stereocenters. The molecule has 0 spiro atoms. The summed E-state index contributed by atoms with van der Waals surface area (Å²) in [6.45, 7) is 1.83. The van der Waals surface area contributed by atoms with Gasteiger partial charge in [-0.15, -0.1) is 0 Å². The molecule has 2 rings (SSSR count). The Bertz CT molecular complexity index is 644. The summed E-state index contributed by atoms with van der Waals surface area (Å²) in [6.07, 6.45) is 0. The zero-order valence-corrected chi connectivity index (χ0v) is 11.7. The summed E-state index contributed by atoms with van der Waals surface area (Å²) < 4.78 is 18.5. The lowest BCUT2D eigenvalue weighted by Crippen LogP contribution is -2.21. The van der Waals surface area contributed by atoms with Crippen LogP contribution in [0.4, 0.5) is 10.1 Å². The highest BCUT2D eigenvalue weighted by molar-refractivity contribution is 5.92. The summed E-state index contributed by atoms with van der Waals surface area (Å²) in [7, 11) is 0. The molecule has 0 heterocycles. The molecule has 0 radical (unpaired) electrons. The van der Waals surface area contributed by atoms with Gasteiger partial charge < -0.3 is 15.8 Å². The highest BCUT2D eigenvalue weighted by Crippen LogP contribution is 2.17. The molecule has 1 amide bonds. The van der Waals surface area contributed by atoms with E-state index in [2.05, 4.69) is 5.32 Å². The summed E-state index contributed by atoms with van der Waals surface area (Å²) in [5, 5.41) is 2.74. The lowest BCUT2D eigenvalue weighted by atomic mass is 10.2. The molecule has 5 heteroatoms. The Balaban J connectivity index is 1.94. The number of hydrogen-bond donors (Lipinski definition) is 2. The second-order valence-electron chi connectivity index (χ2n) is 4.61. The average Bonchev–Trinajstić information content (AvgIpc) is 2.49. The second-order valence-corrected chi connectivity index (χ2v) is 4.61. The molecule has 110 valence electrons. The zero-order valence-electron chi connectivity index (χ0n) is 11.7. The van der Waals surface area contributed by atoms with Crippen molar-refractivity contribution in [2.45, 2.75) is 13.5 Å². The number of nitrogens with two attached hydrogens (primary N) is 1. The largest absolute Gasteiger partial charge is 0.484 e. The number of anilines is 1. The third kappa shape index (κ3) is 4.03. The van der Waals surface area contributed by atoms with Crippen LogP contribution >= 0.6 is 0 Å². The van der Waals surface area contributed by atoms with Crippen LogP contribution in [0.2, 0.25) is 0 Å². The van der Waals surface area contributed by atoms with Crippen LogP contribution in [0.25, 0.3) is 0 Å². The standard InChI is InChI=1S/C16H17FN2O2/c1-11-8-13(6-7-14(11)17)21-10-16(20)19-15-5-3-2-4-12(15)9-18/h2-8H,9-10,18H2,1H3,(H,19,20). The minimum Gasteiger partial charge on any atom is -0.484 e. The Kier molecular flexibility index (Phi) is 4.90. The normalized spacial score (nSPS) is 10.2. The molecule has 2 aromatic rings. The van der Waals surface area contributed by atoms with Gasteiger partial charge in [-0.2, -0.15) is 0 Å². The minimum atomic E-state index is -0.302. The maximum absolute atomic E-state index is 13.1. The van der Waals surface area contributed by atoms with Crippen LogP contribution < -0.4 is 15.8 Å². The molecule has 0 aromatic heterocycles. The quantitative estimate of drug-likeness (QED) is 0.889. The first-order chi connectivity index (χ1) is 10.1. The fourth-order valence-electron chi connectivity index (χ4n) is 1.86. The van der Waals surface area contributed by atoms with Crippen LogP contribution in [0, 0.1) is 12.7 Å². The van der Waals surface area contributed by atoms with Gasteiger partial charge in [-0.1, -0.05) is 18.2 Å². The lowest BCUT2D eigenvalue weighted by Gasteiger charge is -2.11. The SMILES string of the molecule is Cc1cc(OCC(=O)Nc2ccccc2CN)ccc1F. The average molecular weight is 288 g/mol. The third-order valence-electron chi connectivity index (χ3n) is 3.01. The van der Waals surface area contributed by atoms with E-state index in [1.807, 2.05) is 18.2 Å². The number of aryl methyl sites for hydroxylation is 1. The predicted molar refractivity (Wildman–Crippen MR) is 79.6 cm³/mol. The van der Waals surface area contributed by atoms with Crippen LogP contribution in [0.3, 0.4) is 0 Å². The van der Waals surface area contributed by atoms with Gasteiger partial charge in [0, 0.05) is 12.2 Å². The third-order valence-corrected chi connectivity index (χ3v) is 3.01. The van der Waals surface area contributed by atoms with Crippen molar-refractivity contribution in [2.75, 3.05) is 11.9 Å². The molecular weight excluding hydrogens is 271 g/mol. The van der Waals surface area contributed by atoms with Crippen LogP contribution in [0.15, 0.2) is 42.5 Å². The molecule has 0 aliphatic heterocycles. The van der Waals surface area contributed by atoms with E-state index in [1.54, 1.807) is 19.1 Å². The molecule has 3 N–H and O–H groups in total. The van der Waals surface area contributed by atoms with Gasteiger partial charge in [0.1, 0.15) is 11.6 Å². The van der Waals surface area contributed by atoms with Gasteiger partial charge in [-0.3, -0.25) is 4.79 Å². The van der Waals surface area contributed by atoms with Crippen molar-refractivity contribution in [3.63, 3.8) is 0 Å². The molecule has 4 nitrogen and oxygen atoms in total. The molecule has 0 saturated heterocycles. The van der Waals surface area contributed by atoms with Gasteiger partial charge in [0.05, 0.1) is 0 Å². The molecule has 0 fully saturated rings. The zero-order chi connectivity index (χ0) is 15.2. The topological polar surface area (TPSA) is 64.3 Å². The number of ether oxygens (including phenoxy) is 1. The number of halogens is 1. The monoisotopic (exact) mass is 288 g/mol. The number of benzene rings is 2. The van der Waals surface area contributed by atoms with Crippen LogP contribution in [-0.4, -0.2) is 12.5 Å². The van der Waals surface area contributed by atoms with Crippen molar-refractivity contribution in [3.8, 4) is 5.75 Å². The van der Waals surface area contributed by atoms with Gasteiger partial charge in [0.25, 0.3) is 5.91 Å². The smallest absolute Gasteiger partial charge is 0.262 e. The van der Waals surface area contributed by atoms with E-state index >= 15 is 0 Å². The van der Waals surface area contributed by atoms with Crippen LogP contribution in [-0.2, 0) is 11.3 Å². The predicted octanol–water partition coefficient (Wildman–Crippen LogP) is 2.61. The number of carbonyl (C=O) groups excluding carboxylic acids is 1. The van der Waals surface area contributed by atoms with Crippen molar-refractivity contribution < 1.29 is 13.9 Å². The summed E-state index contributed by atoms with van der Waals surface area (Å²) in [4.78, 5) is 11.9. The Morgan fingerprint density at radius 2 is 2.05 bits per heavy atom. The number of nitrogens with one attached hydrogen (secondary N) is 1. The number of amides is 1. The molecule has 0 unspecified atom stereocenters. The molecule has 0 aliphatic rings. The highest BCUT2D eigenvalue weighted by atomic mass is 19.1. The minimum absolute atomic E-state index is 0.149. The maximum atomic E-state index is 13.1. The number of para-hydroxylation sites is 1. The Hall–Kier alpha value is -2.40. The van der Waals surface area contributed by atoms with Crippen molar-refractivity contribution >= 4 is 11.6 Å². The van der Waals surface area contributed by atoms with Crippen LogP contribution in [0.5, 0.6) is 5.75 Å². The first-order valence-electron chi connectivity index (χ1n) is 6.57. The van der Waals surface area contributed by atoms with Gasteiger partial charge in [0.2, 0.25) is 0 Å². The van der Waals surface area contributed by atoms with E-state index in [-0.39, 0.29) is 18.3 Å². The summed E-state index contributed by atoms with van der Waals surface area (Å²) >= 11 is 0. The van der Waals surface area contributed by atoms with E-state index in [1.165, 1.54) is 12.1 Å². The second kappa shape index (κ2) is 6.85. The van der Waals surface area contributed by atoms with E-state index < -0.39 is 0 Å². The van der Waals surface area contributed by atoms with Crippen molar-refractivity contribution in [1.29, 1.82) is 0 Å². The van der Waals surface area contributed by atoms with E-state index in [9.17, 15) is 9.18 Å². The van der Waals surface area contributed by atoms with E-state index in [0.717, 1.165) is 5.56 Å². The Labute approximate surface area is 122 Å². The molecule has 0 saturated carbocycles. The van der Waals surface area contributed by atoms with Gasteiger partial charge >= 0.3 is 0 Å². The molecular formula is C16H17FN2O2. The first kappa shape index (κ1) is 15.0. The molecule has 0 bridgehead atoms. The van der Waals surface area contributed by atoms with Crippen molar-refractivity contribution in [1.82, 2.24) is 0 Å². The summed E-state index contributed by atoms with van der Waals surface area (Å²) in [5.41, 5.74) is 7.60. The van der Waals surface area contributed by atoms with Gasteiger partial charge in [-0.25, -0.2) is 4.39 Å². The highest BCUT2D eigenvalue weighted by Gasteiger charge is 2.07. The number of carbonyl (C=O) groups is 1. The first-order valence-corrected chi connectivity index (χ1v) is 6.57. The Morgan fingerprint density at radius 3 is 2.76 bits per heavy atom. The van der Waals surface area contributed by atoms with E-state index in [0.29, 0.717) is 23.5 Å². The fourth-order valence-corrected chi connectivity index (χ4v) is 1.86. The maximum Gasteiger partial charge on any atom is 0.262 e. The lowest BCUT2D eigenvalue weighted by molar-refractivity contribution is -0.118. The van der Waals surface area contributed by atoms with Gasteiger partial charge in [0.15, 0.2) is 6.61 Å². The van der Waals surface area contributed by atoms with Crippen LogP contribution in [0.1, 0.15) is 11.1 Å². The van der Waals surface area contributed by atoms with Crippen molar-refractivity contribution in [2.24, 2.45) is 5.73 Å². The Morgan fingerprint density at radius 1 is 1.29 bits per heavy atom. The van der Waals surface area contributed by atoms with Crippen molar-refractivity contribution in [3.05, 3.63) is 59.4 Å². The number of hydrogen-bond acceptors (Lipinski definition) is 3. The van der Waals surface area contributed by atoms with Gasteiger partial charge in [-0.05, 0) is 42.3 Å². The van der Waals surface area contributed by atoms with E-state index in [4.69, 9.17) is 10.5 Å². The summed E-state index contributed by atoms with van der Waals surface area (Å²) in [6, 6.07) is 11.7. The number of rotatable bonds is 5. The molecule has 2 aromatic carbocycles. The molecule has 0 aliphatic carbocycles. The fraction of sp³-hybridized carbons (Fsp3) is 0.188.